The minimum atomic E-state index is -5.06. The SMILES string of the molecule is CCC/C=C\C/C=C\CCCCCCCC(=O)OC(COCCCCCCCCCCCCCCCCC)COC1OC(CO)C(O)C(OS(=O)(=O)O)C1O. The first kappa shape index (κ1) is 51.6. The number of ether oxygens (including phenoxy) is 4. The third-order valence-electron chi connectivity index (χ3n) is 9.81. The summed E-state index contributed by atoms with van der Waals surface area (Å²) in [5, 5.41) is 30.6. The van der Waals surface area contributed by atoms with Crippen molar-refractivity contribution in [2.75, 3.05) is 26.4 Å². The molecule has 0 bridgehead atoms. The summed E-state index contributed by atoms with van der Waals surface area (Å²) in [4.78, 5) is 12.8. The molecular weight excluding hydrogens is 729 g/mol. The molecule has 0 aromatic rings. The Hall–Kier alpha value is -1.42. The van der Waals surface area contributed by atoms with Gasteiger partial charge in [0.25, 0.3) is 0 Å². The lowest BCUT2D eigenvalue weighted by atomic mass is 9.99. The molecule has 0 radical (unpaired) electrons. The zero-order chi connectivity index (χ0) is 40.4. The minimum absolute atomic E-state index is 0.0338. The third-order valence-corrected chi connectivity index (χ3v) is 10.3. The van der Waals surface area contributed by atoms with Gasteiger partial charge in [0.15, 0.2) is 6.29 Å². The van der Waals surface area contributed by atoms with Crippen LogP contribution in [-0.2, 0) is 38.3 Å². The number of rotatable bonds is 37. The van der Waals surface area contributed by atoms with Crippen molar-refractivity contribution in [3.63, 3.8) is 0 Å². The Balaban J connectivity index is 2.46. The number of esters is 1. The standard InChI is InChI=1S/C42H78O12S/c1-3-5-7-9-11-13-15-17-18-20-22-24-26-28-30-32-50-34-36(35-51-42-40(46)41(54-55(47,48)49)39(45)37(33-43)53-42)52-38(44)31-29-27-25-23-21-19-16-14-12-10-8-6-4-2/h8,10,14,16,36-37,39-43,45-46H,3-7,9,11-13,15,17-35H2,1-2H3,(H,47,48,49)/b10-8-,16-14-. The van der Waals surface area contributed by atoms with Gasteiger partial charge in [0.2, 0.25) is 0 Å². The fourth-order valence-corrected chi connectivity index (χ4v) is 7.04. The molecule has 0 aromatic heterocycles. The van der Waals surface area contributed by atoms with Crippen LogP contribution in [0.1, 0.15) is 174 Å². The van der Waals surface area contributed by atoms with E-state index in [0.29, 0.717) is 13.0 Å². The maximum atomic E-state index is 12.8. The lowest BCUT2D eigenvalue weighted by Gasteiger charge is -2.41. The predicted molar refractivity (Wildman–Crippen MR) is 216 cm³/mol. The summed E-state index contributed by atoms with van der Waals surface area (Å²) in [6.07, 6.45) is 27.8. The Bertz CT molecular complexity index is 1070. The number of carbonyl (C=O) groups is 1. The van der Waals surface area contributed by atoms with Crippen LogP contribution >= 0.6 is 0 Å². The molecule has 6 atom stereocenters. The molecule has 1 heterocycles. The van der Waals surface area contributed by atoms with E-state index in [1.54, 1.807) is 0 Å². The summed E-state index contributed by atoms with van der Waals surface area (Å²) in [5.41, 5.74) is 0. The average Bonchev–Trinajstić information content (AvgIpc) is 3.15. The molecule has 4 N–H and O–H groups in total. The number of carbonyl (C=O) groups excluding carboxylic acids is 1. The second-order valence-corrected chi connectivity index (χ2v) is 16.0. The molecule has 324 valence electrons. The van der Waals surface area contributed by atoms with E-state index in [4.69, 9.17) is 23.5 Å². The first-order valence-electron chi connectivity index (χ1n) is 21.6. The van der Waals surface area contributed by atoms with Gasteiger partial charge in [0.05, 0.1) is 19.8 Å². The Morgan fingerprint density at radius 2 is 1.24 bits per heavy atom. The van der Waals surface area contributed by atoms with E-state index >= 15 is 0 Å². The summed E-state index contributed by atoms with van der Waals surface area (Å²) in [6.45, 7) is 3.91. The largest absolute Gasteiger partial charge is 0.457 e. The van der Waals surface area contributed by atoms with Gasteiger partial charge >= 0.3 is 16.4 Å². The van der Waals surface area contributed by atoms with Crippen LogP contribution in [0, 0.1) is 0 Å². The highest BCUT2D eigenvalue weighted by Crippen LogP contribution is 2.26. The lowest BCUT2D eigenvalue weighted by Crippen LogP contribution is -2.60. The Labute approximate surface area is 333 Å². The highest BCUT2D eigenvalue weighted by molar-refractivity contribution is 7.80. The summed E-state index contributed by atoms with van der Waals surface area (Å²) in [5.74, 6) is -0.412. The summed E-state index contributed by atoms with van der Waals surface area (Å²) >= 11 is 0. The van der Waals surface area contributed by atoms with Crippen LogP contribution < -0.4 is 0 Å². The van der Waals surface area contributed by atoms with Crippen LogP contribution in [0.2, 0.25) is 0 Å². The smallest absolute Gasteiger partial charge is 0.397 e. The topological polar surface area (TPSA) is 178 Å². The van der Waals surface area contributed by atoms with E-state index in [9.17, 15) is 28.5 Å². The molecule has 0 spiro atoms. The molecule has 12 nitrogen and oxygen atoms in total. The number of unbranched alkanes of at least 4 members (excludes halogenated alkanes) is 20. The van der Waals surface area contributed by atoms with Gasteiger partial charge in [-0.05, 0) is 38.5 Å². The highest BCUT2D eigenvalue weighted by atomic mass is 32.3. The van der Waals surface area contributed by atoms with Crippen LogP contribution in [-0.4, -0.2) is 97.5 Å². The Kier molecular flexibility index (Phi) is 32.5. The van der Waals surface area contributed by atoms with E-state index < -0.39 is 59.8 Å². The van der Waals surface area contributed by atoms with Crippen molar-refractivity contribution < 1.29 is 56.2 Å². The van der Waals surface area contributed by atoms with Crippen molar-refractivity contribution in [1.82, 2.24) is 0 Å². The van der Waals surface area contributed by atoms with Crippen molar-refractivity contribution in [1.29, 1.82) is 0 Å². The molecule has 1 saturated heterocycles. The van der Waals surface area contributed by atoms with Gasteiger partial charge in [-0.3, -0.25) is 9.35 Å². The van der Waals surface area contributed by atoms with E-state index in [0.717, 1.165) is 64.2 Å². The van der Waals surface area contributed by atoms with Gasteiger partial charge in [0.1, 0.15) is 30.5 Å². The quantitative estimate of drug-likeness (QED) is 0.0204. The van der Waals surface area contributed by atoms with Gasteiger partial charge in [-0.25, -0.2) is 4.18 Å². The second kappa shape index (κ2) is 34.6. The molecule has 1 rings (SSSR count). The maximum absolute atomic E-state index is 12.8. The normalized spacial score (nSPS) is 21.2. The predicted octanol–water partition coefficient (Wildman–Crippen LogP) is 8.46. The van der Waals surface area contributed by atoms with E-state index in [1.165, 1.54) is 83.5 Å². The molecule has 1 aliphatic heterocycles. The number of aliphatic hydroxyl groups excluding tert-OH is 3. The molecule has 1 fully saturated rings. The second-order valence-electron chi connectivity index (χ2n) is 14.9. The third kappa shape index (κ3) is 28.6. The average molecular weight is 807 g/mol. The summed E-state index contributed by atoms with van der Waals surface area (Å²) in [7, 11) is -5.06. The molecule has 55 heavy (non-hydrogen) atoms. The number of aliphatic hydroxyl groups is 3. The monoisotopic (exact) mass is 807 g/mol. The first-order chi connectivity index (χ1) is 26.6. The van der Waals surface area contributed by atoms with Crippen molar-refractivity contribution >= 4 is 16.4 Å². The molecule has 0 saturated carbocycles. The number of allylic oxidation sites excluding steroid dienone is 4. The lowest BCUT2D eigenvalue weighted by molar-refractivity contribution is -0.301. The molecule has 0 aliphatic carbocycles. The molecule has 6 unspecified atom stereocenters. The van der Waals surface area contributed by atoms with Gasteiger partial charge in [-0.1, -0.05) is 154 Å². The molecule has 0 aromatic carbocycles. The molecule has 0 amide bonds. The fourth-order valence-electron chi connectivity index (χ4n) is 6.53. The van der Waals surface area contributed by atoms with Crippen LogP contribution in [0.3, 0.4) is 0 Å². The van der Waals surface area contributed by atoms with Crippen LogP contribution in [0.15, 0.2) is 24.3 Å². The van der Waals surface area contributed by atoms with Gasteiger partial charge in [-0.2, -0.15) is 8.42 Å². The number of hydrogen-bond donors (Lipinski definition) is 4. The van der Waals surface area contributed by atoms with Crippen LogP contribution in [0.4, 0.5) is 0 Å². The number of hydrogen-bond acceptors (Lipinski definition) is 11. The minimum Gasteiger partial charge on any atom is -0.457 e. The van der Waals surface area contributed by atoms with Gasteiger partial charge < -0.3 is 34.3 Å². The van der Waals surface area contributed by atoms with Crippen molar-refractivity contribution in [2.24, 2.45) is 0 Å². The van der Waals surface area contributed by atoms with Crippen molar-refractivity contribution in [3.8, 4) is 0 Å². The molecule has 13 heteroatoms. The van der Waals surface area contributed by atoms with Gasteiger partial charge in [-0.15, -0.1) is 0 Å². The van der Waals surface area contributed by atoms with Crippen LogP contribution in [0.25, 0.3) is 0 Å². The van der Waals surface area contributed by atoms with E-state index in [2.05, 4.69) is 42.3 Å². The van der Waals surface area contributed by atoms with Gasteiger partial charge in [0, 0.05) is 13.0 Å². The highest BCUT2D eigenvalue weighted by Gasteiger charge is 2.48. The van der Waals surface area contributed by atoms with E-state index in [-0.39, 0.29) is 19.6 Å². The van der Waals surface area contributed by atoms with Crippen molar-refractivity contribution in [2.45, 2.75) is 211 Å². The molecule has 1 aliphatic rings. The zero-order valence-corrected chi connectivity index (χ0v) is 35.1. The fraction of sp³-hybridized carbons (Fsp3) is 0.881. The van der Waals surface area contributed by atoms with E-state index in [1.807, 2.05) is 0 Å². The van der Waals surface area contributed by atoms with Crippen LogP contribution in [0.5, 0.6) is 0 Å². The Morgan fingerprint density at radius 1 is 0.691 bits per heavy atom. The molecular formula is C42H78O12S. The van der Waals surface area contributed by atoms with Crippen molar-refractivity contribution in [3.05, 3.63) is 24.3 Å². The summed E-state index contributed by atoms with van der Waals surface area (Å²) in [6, 6.07) is 0. The maximum Gasteiger partial charge on any atom is 0.397 e. The zero-order valence-electron chi connectivity index (χ0n) is 34.2. The summed E-state index contributed by atoms with van der Waals surface area (Å²) < 4.78 is 58.9. The Morgan fingerprint density at radius 3 is 1.80 bits per heavy atom. The first-order valence-corrected chi connectivity index (χ1v) is 23.0.